The van der Waals surface area contributed by atoms with Gasteiger partial charge in [0, 0.05) is 11.6 Å². The number of hydrogen-bond acceptors (Lipinski definition) is 4. The zero-order valence-corrected chi connectivity index (χ0v) is 16.6. The first kappa shape index (κ1) is 18.5. The van der Waals surface area contributed by atoms with E-state index >= 15 is 0 Å². The van der Waals surface area contributed by atoms with E-state index in [1.165, 1.54) is 11.1 Å². The third-order valence-corrected chi connectivity index (χ3v) is 5.13. The van der Waals surface area contributed by atoms with Crippen molar-refractivity contribution in [3.63, 3.8) is 0 Å². The van der Waals surface area contributed by atoms with Gasteiger partial charge in [0.2, 0.25) is 5.90 Å². The Labute approximate surface area is 165 Å². The van der Waals surface area contributed by atoms with Gasteiger partial charge < -0.3 is 9.47 Å². The van der Waals surface area contributed by atoms with Crippen molar-refractivity contribution < 1.29 is 14.3 Å². The molecule has 4 nitrogen and oxygen atoms in total. The molecule has 0 amide bonds. The molecule has 0 radical (unpaired) electrons. The molecule has 1 heterocycles. The van der Waals surface area contributed by atoms with E-state index in [0.29, 0.717) is 19.1 Å². The topological polar surface area (TPSA) is 47.9 Å². The van der Waals surface area contributed by atoms with Crippen molar-refractivity contribution in [2.24, 2.45) is 4.99 Å². The minimum atomic E-state index is -0.318. The summed E-state index contributed by atoms with van der Waals surface area (Å²) in [7, 11) is 0. The standard InChI is InChI=1S/C24H25NO3/c1-4-27-22(26)14-21-19-8-6-5-7-16(19)9-10-17-11-12-18(13-20(17)21)23-25-24(2,3)15-28-23/h5-8,11-14H,4,9-10,15H2,1-3H3. The molecular formula is C24H25NO3. The van der Waals surface area contributed by atoms with Crippen molar-refractivity contribution in [1.82, 2.24) is 0 Å². The maximum atomic E-state index is 12.3. The molecule has 2 aliphatic rings. The third-order valence-electron chi connectivity index (χ3n) is 5.13. The van der Waals surface area contributed by atoms with Gasteiger partial charge in [-0.15, -0.1) is 0 Å². The van der Waals surface area contributed by atoms with Crippen molar-refractivity contribution in [1.29, 1.82) is 0 Å². The van der Waals surface area contributed by atoms with E-state index in [4.69, 9.17) is 14.5 Å². The second-order valence-electron chi connectivity index (χ2n) is 7.86. The van der Waals surface area contributed by atoms with E-state index in [1.807, 2.05) is 19.1 Å². The molecule has 0 saturated carbocycles. The van der Waals surface area contributed by atoms with E-state index in [9.17, 15) is 4.79 Å². The maximum absolute atomic E-state index is 12.3. The Hall–Kier alpha value is -2.88. The van der Waals surface area contributed by atoms with E-state index < -0.39 is 0 Å². The fraction of sp³-hybridized carbons (Fsp3) is 0.333. The zero-order valence-electron chi connectivity index (χ0n) is 16.6. The number of fused-ring (bicyclic) bond motifs is 2. The summed E-state index contributed by atoms with van der Waals surface area (Å²) in [4.78, 5) is 17.0. The second kappa shape index (κ2) is 7.27. The molecule has 4 rings (SSSR count). The first-order chi connectivity index (χ1) is 13.5. The van der Waals surface area contributed by atoms with Crippen LogP contribution in [0.5, 0.6) is 0 Å². The van der Waals surface area contributed by atoms with Gasteiger partial charge in [-0.1, -0.05) is 30.3 Å². The fourth-order valence-electron chi connectivity index (χ4n) is 3.78. The maximum Gasteiger partial charge on any atom is 0.331 e. The van der Waals surface area contributed by atoms with Gasteiger partial charge in [-0.2, -0.15) is 0 Å². The third kappa shape index (κ3) is 3.59. The van der Waals surface area contributed by atoms with Gasteiger partial charge in [0.05, 0.1) is 12.1 Å². The quantitative estimate of drug-likeness (QED) is 0.592. The molecule has 0 unspecified atom stereocenters. The van der Waals surface area contributed by atoms with Crippen molar-refractivity contribution in [3.8, 4) is 0 Å². The summed E-state index contributed by atoms with van der Waals surface area (Å²) in [6, 6.07) is 14.6. The van der Waals surface area contributed by atoms with Crippen LogP contribution in [0.25, 0.3) is 5.57 Å². The van der Waals surface area contributed by atoms with Crippen LogP contribution in [-0.4, -0.2) is 30.6 Å². The van der Waals surface area contributed by atoms with Crippen LogP contribution >= 0.6 is 0 Å². The number of benzene rings is 2. The monoisotopic (exact) mass is 375 g/mol. The van der Waals surface area contributed by atoms with Gasteiger partial charge in [0.25, 0.3) is 0 Å². The molecule has 0 atom stereocenters. The molecule has 4 heteroatoms. The van der Waals surface area contributed by atoms with Crippen LogP contribution < -0.4 is 0 Å². The van der Waals surface area contributed by atoms with Gasteiger partial charge in [-0.05, 0) is 73.6 Å². The number of aryl methyl sites for hydroxylation is 2. The Morgan fingerprint density at radius 3 is 2.61 bits per heavy atom. The van der Waals surface area contributed by atoms with Crippen LogP contribution in [0.3, 0.4) is 0 Å². The largest absolute Gasteiger partial charge is 0.475 e. The van der Waals surface area contributed by atoms with Crippen molar-refractivity contribution >= 4 is 17.4 Å². The second-order valence-corrected chi connectivity index (χ2v) is 7.86. The molecule has 28 heavy (non-hydrogen) atoms. The highest BCUT2D eigenvalue weighted by atomic mass is 16.5. The molecule has 1 aliphatic carbocycles. The van der Waals surface area contributed by atoms with Crippen LogP contribution in [0, 0.1) is 0 Å². The Morgan fingerprint density at radius 2 is 1.89 bits per heavy atom. The summed E-state index contributed by atoms with van der Waals surface area (Å²) >= 11 is 0. The van der Waals surface area contributed by atoms with Crippen molar-refractivity contribution in [2.75, 3.05) is 13.2 Å². The highest BCUT2D eigenvalue weighted by Crippen LogP contribution is 2.35. The Kier molecular flexibility index (Phi) is 4.80. The highest BCUT2D eigenvalue weighted by molar-refractivity contribution is 6.00. The van der Waals surface area contributed by atoms with E-state index in [-0.39, 0.29) is 11.5 Å². The molecule has 2 aromatic carbocycles. The zero-order chi connectivity index (χ0) is 19.7. The Bertz CT molecular complexity index is 985. The van der Waals surface area contributed by atoms with Crippen LogP contribution in [0.1, 0.15) is 48.6 Å². The van der Waals surface area contributed by atoms with Gasteiger partial charge in [0.15, 0.2) is 0 Å². The van der Waals surface area contributed by atoms with Crippen LogP contribution in [0.4, 0.5) is 0 Å². The van der Waals surface area contributed by atoms with Crippen LogP contribution in [0.2, 0.25) is 0 Å². The Balaban J connectivity index is 1.86. The van der Waals surface area contributed by atoms with Crippen molar-refractivity contribution in [3.05, 3.63) is 76.4 Å². The molecule has 0 aromatic heterocycles. The summed E-state index contributed by atoms with van der Waals surface area (Å²) in [6.07, 6.45) is 3.48. The fourth-order valence-corrected chi connectivity index (χ4v) is 3.78. The summed E-state index contributed by atoms with van der Waals surface area (Å²) in [5.41, 5.74) is 6.23. The number of nitrogens with zero attached hydrogens (tertiary/aromatic N) is 1. The lowest BCUT2D eigenvalue weighted by Crippen LogP contribution is -2.17. The molecule has 144 valence electrons. The summed E-state index contributed by atoms with van der Waals surface area (Å²) in [5.74, 6) is 0.349. The van der Waals surface area contributed by atoms with Gasteiger partial charge >= 0.3 is 5.97 Å². The summed E-state index contributed by atoms with van der Waals surface area (Å²) in [6.45, 7) is 6.88. The summed E-state index contributed by atoms with van der Waals surface area (Å²) < 4.78 is 11.0. The van der Waals surface area contributed by atoms with Crippen molar-refractivity contribution in [2.45, 2.75) is 39.2 Å². The SMILES string of the molecule is CCOC(=O)C=C1c2ccccc2CCc2ccc(C3=NC(C)(C)CO3)cc21. The van der Waals surface area contributed by atoms with Gasteiger partial charge in [-0.25, -0.2) is 9.79 Å². The first-order valence-corrected chi connectivity index (χ1v) is 9.80. The van der Waals surface area contributed by atoms with Crippen LogP contribution in [-0.2, 0) is 27.1 Å². The minimum absolute atomic E-state index is 0.210. The summed E-state index contributed by atoms with van der Waals surface area (Å²) in [5, 5.41) is 0. The molecule has 0 fully saturated rings. The molecule has 0 N–H and O–H groups in total. The lowest BCUT2D eigenvalue weighted by Gasteiger charge is -2.13. The molecule has 1 aliphatic heterocycles. The van der Waals surface area contributed by atoms with E-state index in [2.05, 4.69) is 44.2 Å². The molecule has 0 saturated heterocycles. The smallest absolute Gasteiger partial charge is 0.331 e. The molecule has 0 bridgehead atoms. The van der Waals surface area contributed by atoms with E-state index in [1.54, 1.807) is 6.08 Å². The highest BCUT2D eigenvalue weighted by Gasteiger charge is 2.28. The number of carbonyl (C=O) groups excluding carboxylic acids is 1. The van der Waals surface area contributed by atoms with Gasteiger partial charge in [-0.3, -0.25) is 0 Å². The predicted molar refractivity (Wildman–Crippen MR) is 111 cm³/mol. The lowest BCUT2D eigenvalue weighted by molar-refractivity contribution is -0.137. The normalized spacial score (nSPS) is 18.5. The molecule has 0 spiro atoms. The lowest BCUT2D eigenvalue weighted by atomic mass is 9.92. The number of aliphatic imine (C=N–C) groups is 1. The minimum Gasteiger partial charge on any atom is -0.475 e. The average Bonchev–Trinajstić information content (AvgIpc) is 2.97. The molecular weight excluding hydrogens is 350 g/mol. The first-order valence-electron chi connectivity index (χ1n) is 9.80. The predicted octanol–water partition coefficient (Wildman–Crippen LogP) is 4.34. The Morgan fingerprint density at radius 1 is 1.14 bits per heavy atom. The van der Waals surface area contributed by atoms with E-state index in [0.717, 1.165) is 35.1 Å². The number of esters is 1. The number of ether oxygens (including phenoxy) is 2. The molecule has 2 aromatic rings. The number of rotatable bonds is 3. The average molecular weight is 375 g/mol. The number of carbonyl (C=O) groups is 1. The van der Waals surface area contributed by atoms with Crippen LogP contribution in [0.15, 0.2) is 53.5 Å². The van der Waals surface area contributed by atoms with Gasteiger partial charge in [0.1, 0.15) is 6.61 Å². The number of hydrogen-bond donors (Lipinski definition) is 0.